The number of hydrogen-bond acceptors (Lipinski definition) is 4. The van der Waals surface area contributed by atoms with Gasteiger partial charge in [0.25, 0.3) is 0 Å². The Morgan fingerprint density at radius 1 is 1.67 bits per heavy atom. The van der Waals surface area contributed by atoms with Crippen LogP contribution in [-0.4, -0.2) is 26.8 Å². The number of aromatic nitrogens is 3. The van der Waals surface area contributed by atoms with Gasteiger partial charge in [-0.25, -0.2) is 0 Å². The second kappa shape index (κ2) is 4.10. The maximum absolute atomic E-state index is 10.7. The van der Waals surface area contributed by atoms with E-state index in [2.05, 4.69) is 16.4 Å². The molecule has 0 bridgehead atoms. The number of H-pyrrole nitrogens is 1. The van der Waals surface area contributed by atoms with E-state index in [4.69, 9.17) is 0 Å². The van der Waals surface area contributed by atoms with E-state index in [0.29, 0.717) is 6.54 Å². The van der Waals surface area contributed by atoms with Crippen molar-refractivity contribution in [1.29, 1.82) is 0 Å². The fraction of sp³-hybridized carbons (Fsp3) is 0.500. The molecule has 6 heteroatoms. The first kappa shape index (κ1) is 9.05. The first-order valence-electron chi connectivity index (χ1n) is 3.32. The molecule has 0 aromatic carbocycles. The maximum Gasteiger partial charge on any atom is 0.338 e. The van der Waals surface area contributed by atoms with Crippen LogP contribution >= 0.6 is 11.8 Å². The van der Waals surface area contributed by atoms with Gasteiger partial charge in [0.15, 0.2) is 6.33 Å². The highest BCUT2D eigenvalue weighted by Gasteiger charge is 1.95. The summed E-state index contributed by atoms with van der Waals surface area (Å²) in [5.41, 5.74) is -1.50. The van der Waals surface area contributed by atoms with Crippen molar-refractivity contribution in [3.63, 3.8) is 0 Å². The van der Waals surface area contributed by atoms with E-state index in [-0.39, 0.29) is 0 Å². The zero-order valence-electron chi connectivity index (χ0n) is 6.53. The highest BCUT2D eigenvalue weighted by molar-refractivity contribution is 7.98. The van der Waals surface area contributed by atoms with Gasteiger partial charge in [0.1, 0.15) is 0 Å². The van der Waals surface area contributed by atoms with Gasteiger partial charge in [-0.05, 0) is 6.26 Å². The first-order valence-corrected chi connectivity index (χ1v) is 4.71. The summed E-state index contributed by atoms with van der Waals surface area (Å²) in [7, 11) is 0. The number of aromatic amines is 1. The molecule has 0 aliphatic heterocycles. The average Bonchev–Trinajstić information content (AvgIpc) is 2.07. The normalized spacial score (nSPS) is 10.1. The van der Waals surface area contributed by atoms with Gasteiger partial charge in [-0.15, -0.1) is 0 Å². The average molecular weight is 186 g/mol. The van der Waals surface area contributed by atoms with E-state index in [1.54, 1.807) is 11.8 Å². The number of hydrogen-bond donors (Lipinski definition) is 1. The van der Waals surface area contributed by atoms with Gasteiger partial charge in [-0.1, -0.05) is 0 Å². The van der Waals surface area contributed by atoms with Gasteiger partial charge in [0.05, 0.1) is 6.54 Å². The number of thioether (sulfide) groups is 1. The van der Waals surface area contributed by atoms with E-state index < -0.39 is 11.1 Å². The number of aryl methyl sites for hydroxylation is 1. The molecule has 5 nitrogen and oxygen atoms in total. The number of rotatable bonds is 3. The predicted octanol–water partition coefficient (Wildman–Crippen LogP) is -0.905. The molecule has 0 aliphatic carbocycles. The van der Waals surface area contributed by atoms with Crippen LogP contribution in [0.2, 0.25) is 0 Å². The van der Waals surface area contributed by atoms with Crippen LogP contribution in [0, 0.1) is 6.33 Å². The van der Waals surface area contributed by atoms with Crippen LogP contribution in [0.3, 0.4) is 0 Å². The minimum absolute atomic E-state index is 0.601. The first-order chi connectivity index (χ1) is 5.74. The molecule has 0 fully saturated rings. The van der Waals surface area contributed by atoms with Crippen molar-refractivity contribution in [3.8, 4) is 0 Å². The van der Waals surface area contributed by atoms with Crippen LogP contribution in [0.5, 0.6) is 0 Å². The van der Waals surface area contributed by atoms with Crippen LogP contribution < -0.4 is 11.1 Å². The Bertz CT molecular complexity index is 356. The number of nitrogens with one attached hydrogen (secondary N) is 1. The lowest BCUT2D eigenvalue weighted by Gasteiger charge is -2.00. The standard InChI is InChI=1S/C6H8N3O2S/c1-12-3-2-9-4-7-5(10)6(11)8-9/h2-3H2,1H3,(H,8,11). The quantitative estimate of drug-likeness (QED) is 0.621. The summed E-state index contributed by atoms with van der Waals surface area (Å²) < 4.78 is 1.38. The summed E-state index contributed by atoms with van der Waals surface area (Å²) >= 11 is 1.64. The molecule has 0 aliphatic rings. The van der Waals surface area contributed by atoms with Crippen molar-refractivity contribution in [2.45, 2.75) is 6.54 Å². The summed E-state index contributed by atoms with van der Waals surface area (Å²) in [5.74, 6) is 0.844. The molecule has 0 spiro atoms. The molecule has 0 saturated carbocycles. The molecule has 1 aromatic rings. The second-order valence-corrected chi connectivity index (χ2v) is 3.09. The molecule has 12 heavy (non-hydrogen) atoms. The summed E-state index contributed by atoms with van der Waals surface area (Å²) in [6.45, 7) is 0.601. The van der Waals surface area contributed by atoms with E-state index >= 15 is 0 Å². The fourth-order valence-corrected chi connectivity index (χ4v) is 1.01. The Balaban J connectivity index is 2.83. The minimum Gasteiger partial charge on any atom is -0.264 e. The van der Waals surface area contributed by atoms with Gasteiger partial charge in [-0.3, -0.25) is 19.4 Å². The van der Waals surface area contributed by atoms with Crippen molar-refractivity contribution in [2.75, 3.05) is 12.0 Å². The molecule has 1 aromatic heterocycles. The highest BCUT2D eigenvalue weighted by atomic mass is 32.2. The highest BCUT2D eigenvalue weighted by Crippen LogP contribution is 1.90. The zero-order valence-corrected chi connectivity index (χ0v) is 7.35. The Kier molecular flexibility index (Phi) is 3.09. The van der Waals surface area contributed by atoms with Gasteiger partial charge in [0, 0.05) is 5.75 Å². The third kappa shape index (κ3) is 2.23. The second-order valence-electron chi connectivity index (χ2n) is 2.10. The van der Waals surface area contributed by atoms with Crippen molar-refractivity contribution in [3.05, 3.63) is 27.0 Å². The molecule has 0 amide bonds. The fourth-order valence-electron chi connectivity index (χ4n) is 0.640. The maximum atomic E-state index is 10.7. The van der Waals surface area contributed by atoms with Crippen molar-refractivity contribution >= 4 is 11.8 Å². The monoisotopic (exact) mass is 186 g/mol. The lowest BCUT2D eigenvalue weighted by Crippen LogP contribution is -2.33. The van der Waals surface area contributed by atoms with Crippen molar-refractivity contribution in [1.82, 2.24) is 14.8 Å². The van der Waals surface area contributed by atoms with Crippen LogP contribution in [0.25, 0.3) is 0 Å². The predicted molar refractivity (Wildman–Crippen MR) is 46.3 cm³/mol. The summed E-state index contributed by atoms with van der Waals surface area (Å²) in [6.07, 6.45) is 4.35. The Labute approximate surface area is 72.8 Å². The molecule has 1 N–H and O–H groups in total. The molecule has 65 valence electrons. The van der Waals surface area contributed by atoms with Crippen molar-refractivity contribution < 1.29 is 0 Å². The number of nitrogens with zero attached hydrogens (tertiary/aromatic N) is 2. The molecular weight excluding hydrogens is 178 g/mol. The lowest BCUT2D eigenvalue weighted by atomic mass is 10.7. The molecule has 0 saturated heterocycles. The summed E-state index contributed by atoms with van der Waals surface area (Å²) in [4.78, 5) is 24.5. The van der Waals surface area contributed by atoms with E-state index in [1.165, 1.54) is 4.68 Å². The lowest BCUT2D eigenvalue weighted by molar-refractivity contribution is 0.602. The third-order valence-electron chi connectivity index (χ3n) is 1.22. The van der Waals surface area contributed by atoms with Crippen LogP contribution in [0.1, 0.15) is 0 Å². The third-order valence-corrected chi connectivity index (χ3v) is 1.81. The van der Waals surface area contributed by atoms with Crippen molar-refractivity contribution in [2.24, 2.45) is 0 Å². The molecule has 1 rings (SSSR count). The summed E-state index contributed by atoms with van der Waals surface area (Å²) in [5, 5.41) is 2.33. The smallest absolute Gasteiger partial charge is 0.264 e. The van der Waals surface area contributed by atoms with Crippen LogP contribution in [0.15, 0.2) is 9.59 Å². The molecular formula is C6H8N3O2S. The largest absolute Gasteiger partial charge is 0.338 e. The molecule has 1 heterocycles. The zero-order chi connectivity index (χ0) is 8.97. The van der Waals surface area contributed by atoms with E-state index in [1.807, 2.05) is 6.26 Å². The van der Waals surface area contributed by atoms with E-state index in [9.17, 15) is 9.59 Å². The Morgan fingerprint density at radius 3 is 3.00 bits per heavy atom. The topological polar surface area (TPSA) is 67.8 Å². The summed E-state index contributed by atoms with van der Waals surface area (Å²) in [6, 6.07) is 0. The minimum atomic E-state index is -0.796. The SMILES string of the molecule is CSCCn1[c]nc(=O)c(=O)[nH]1. The Hall–Kier alpha value is -1.04. The molecule has 0 unspecified atom stereocenters. The molecule has 0 atom stereocenters. The molecule has 1 radical (unpaired) electrons. The van der Waals surface area contributed by atoms with Gasteiger partial charge >= 0.3 is 11.1 Å². The van der Waals surface area contributed by atoms with Crippen LogP contribution in [-0.2, 0) is 6.54 Å². The Morgan fingerprint density at radius 2 is 2.42 bits per heavy atom. The van der Waals surface area contributed by atoms with Gasteiger partial charge in [0.2, 0.25) is 0 Å². The van der Waals surface area contributed by atoms with Gasteiger partial charge < -0.3 is 0 Å². The van der Waals surface area contributed by atoms with Gasteiger partial charge in [-0.2, -0.15) is 16.7 Å². The van der Waals surface area contributed by atoms with E-state index in [0.717, 1.165) is 5.75 Å². The van der Waals surface area contributed by atoms with Crippen LogP contribution in [0.4, 0.5) is 0 Å².